The molecule has 25 heavy (non-hydrogen) atoms. The van der Waals surface area contributed by atoms with Gasteiger partial charge >= 0.3 is 12.0 Å². The van der Waals surface area contributed by atoms with Crippen molar-refractivity contribution >= 4 is 33.1 Å². The molecular weight excluding hydrogens is 425 g/mol. The number of benzene rings is 1. The van der Waals surface area contributed by atoms with Gasteiger partial charge in [-0.05, 0) is 33.0 Å². The van der Waals surface area contributed by atoms with E-state index in [-0.39, 0.29) is 16.8 Å². The van der Waals surface area contributed by atoms with Crippen LogP contribution in [0.4, 0.5) is 19.0 Å². The van der Waals surface area contributed by atoms with Crippen LogP contribution in [0, 0.1) is 10.1 Å². The molecule has 130 valence electrons. The third-order valence-corrected chi connectivity index (χ3v) is 4.71. The Morgan fingerprint density at radius 2 is 1.96 bits per heavy atom. The van der Waals surface area contributed by atoms with Crippen LogP contribution in [-0.4, -0.2) is 19.7 Å². The predicted octanol–water partition coefficient (Wildman–Crippen LogP) is 4.74. The zero-order valence-electron chi connectivity index (χ0n) is 12.2. The lowest BCUT2D eigenvalue weighted by atomic mass is 10.1. The minimum Gasteiger partial charge on any atom is -0.358 e. The van der Waals surface area contributed by atoms with E-state index < -0.39 is 16.7 Å². The summed E-state index contributed by atoms with van der Waals surface area (Å²) in [4.78, 5) is 14.5. The predicted molar refractivity (Wildman–Crippen MR) is 88.2 cm³/mol. The lowest BCUT2D eigenvalue weighted by Gasteiger charge is -2.06. The fraction of sp³-hybridized carbons (Fsp3) is 0.143. The Kier molecular flexibility index (Phi) is 4.60. The maximum atomic E-state index is 12.6. The van der Waals surface area contributed by atoms with E-state index in [2.05, 4.69) is 26.0 Å². The second-order valence-corrected chi connectivity index (χ2v) is 6.69. The summed E-state index contributed by atoms with van der Waals surface area (Å²) in [6.45, 7) is 0.212. The van der Waals surface area contributed by atoms with Crippen molar-refractivity contribution in [2.75, 3.05) is 0 Å². The summed E-state index contributed by atoms with van der Waals surface area (Å²) in [5.41, 5.74) is 0.448. The molecule has 0 fully saturated rings. The summed E-state index contributed by atoms with van der Waals surface area (Å²) >= 11 is 4.33. The highest BCUT2D eigenvalue weighted by atomic mass is 79.9. The quantitative estimate of drug-likeness (QED) is 0.440. The Morgan fingerprint density at radius 3 is 2.52 bits per heavy atom. The fourth-order valence-electron chi connectivity index (χ4n) is 2.07. The Labute approximate surface area is 151 Å². The maximum absolute atomic E-state index is 12.6. The van der Waals surface area contributed by atoms with Crippen LogP contribution in [0.1, 0.15) is 11.3 Å². The van der Waals surface area contributed by atoms with E-state index in [4.69, 9.17) is 0 Å². The van der Waals surface area contributed by atoms with Crippen molar-refractivity contribution in [3.8, 4) is 10.6 Å². The summed E-state index contributed by atoms with van der Waals surface area (Å²) in [6.07, 6.45) is -2.91. The average Bonchev–Trinajstić information content (AvgIpc) is 3.14. The minimum absolute atomic E-state index is 0.212. The van der Waals surface area contributed by atoms with Crippen LogP contribution in [0.15, 0.2) is 40.3 Å². The topological polar surface area (TPSA) is 73.8 Å². The molecule has 0 spiro atoms. The Balaban J connectivity index is 1.78. The van der Waals surface area contributed by atoms with Crippen molar-refractivity contribution in [1.29, 1.82) is 0 Å². The molecule has 0 atom stereocenters. The molecule has 0 aliphatic heterocycles. The molecule has 2 heterocycles. The number of hydrogen-bond acceptors (Lipinski definition) is 5. The molecular formula is C14H8BrF3N4O2S. The van der Waals surface area contributed by atoms with E-state index in [1.54, 1.807) is 5.38 Å². The molecule has 0 aliphatic carbocycles. The molecule has 0 saturated heterocycles. The Bertz CT molecular complexity index is 921. The van der Waals surface area contributed by atoms with Crippen molar-refractivity contribution in [2.45, 2.75) is 12.7 Å². The van der Waals surface area contributed by atoms with E-state index in [1.807, 2.05) is 0 Å². The highest BCUT2D eigenvalue weighted by molar-refractivity contribution is 9.10. The third-order valence-electron chi connectivity index (χ3n) is 3.21. The smallest absolute Gasteiger partial charge is 0.358 e. The van der Waals surface area contributed by atoms with E-state index in [0.717, 1.165) is 12.1 Å². The number of rotatable bonds is 4. The van der Waals surface area contributed by atoms with Gasteiger partial charge in [-0.1, -0.05) is 12.1 Å². The number of alkyl halides is 3. The number of halogens is 4. The summed E-state index contributed by atoms with van der Waals surface area (Å²) in [6, 6.07) is 4.73. The first-order valence-corrected chi connectivity index (χ1v) is 8.40. The molecule has 6 nitrogen and oxygen atoms in total. The molecule has 0 N–H and O–H groups in total. The van der Waals surface area contributed by atoms with Gasteiger partial charge in [-0.3, -0.25) is 0 Å². The Morgan fingerprint density at radius 1 is 1.28 bits per heavy atom. The molecule has 0 aliphatic rings. The summed E-state index contributed by atoms with van der Waals surface area (Å²) in [5.74, 6) is -0.293. The normalized spacial score (nSPS) is 11.7. The highest BCUT2D eigenvalue weighted by Crippen LogP contribution is 2.32. The molecule has 3 rings (SSSR count). The van der Waals surface area contributed by atoms with Gasteiger partial charge in [0.2, 0.25) is 0 Å². The molecule has 0 amide bonds. The van der Waals surface area contributed by atoms with Crippen LogP contribution in [-0.2, 0) is 12.7 Å². The van der Waals surface area contributed by atoms with E-state index in [0.29, 0.717) is 16.3 Å². The second kappa shape index (κ2) is 6.56. The standard InChI is InChI=1S/C14H8BrF3N4O2S/c15-11-6-21(20-12(11)22(23)24)5-10-7-25-13(19-10)8-1-3-9(4-2-8)14(16,17)18/h1-4,6-7H,5H2. The molecule has 3 aromatic rings. The number of aromatic nitrogens is 3. The van der Waals surface area contributed by atoms with Crippen LogP contribution >= 0.6 is 27.3 Å². The van der Waals surface area contributed by atoms with Crippen molar-refractivity contribution in [2.24, 2.45) is 0 Å². The number of thiazole rings is 1. The average molecular weight is 433 g/mol. The van der Waals surface area contributed by atoms with Gasteiger partial charge in [-0.2, -0.15) is 17.9 Å². The van der Waals surface area contributed by atoms with Gasteiger partial charge in [0.05, 0.1) is 22.6 Å². The first kappa shape index (κ1) is 17.5. The van der Waals surface area contributed by atoms with Gasteiger partial charge < -0.3 is 10.1 Å². The van der Waals surface area contributed by atoms with Crippen LogP contribution in [0.5, 0.6) is 0 Å². The van der Waals surface area contributed by atoms with Crippen LogP contribution < -0.4 is 0 Å². The third kappa shape index (κ3) is 3.87. The van der Waals surface area contributed by atoms with E-state index in [9.17, 15) is 23.3 Å². The lowest BCUT2D eigenvalue weighted by molar-refractivity contribution is -0.390. The summed E-state index contributed by atoms with van der Waals surface area (Å²) in [7, 11) is 0. The van der Waals surface area contributed by atoms with Gasteiger partial charge in [0.15, 0.2) is 0 Å². The summed E-state index contributed by atoms with van der Waals surface area (Å²) in [5, 5.41) is 16.9. The molecule has 0 unspecified atom stereocenters. The van der Waals surface area contributed by atoms with Crippen molar-refractivity contribution in [3.63, 3.8) is 0 Å². The maximum Gasteiger partial charge on any atom is 0.416 e. The number of hydrogen-bond donors (Lipinski definition) is 0. The van der Waals surface area contributed by atoms with Gasteiger partial charge in [-0.15, -0.1) is 11.3 Å². The summed E-state index contributed by atoms with van der Waals surface area (Å²) < 4.78 is 39.4. The van der Waals surface area contributed by atoms with Gasteiger partial charge in [0, 0.05) is 10.9 Å². The zero-order chi connectivity index (χ0) is 18.2. The molecule has 11 heteroatoms. The molecule has 2 aromatic heterocycles. The second-order valence-electron chi connectivity index (χ2n) is 4.97. The van der Waals surface area contributed by atoms with Gasteiger partial charge in [0.25, 0.3) is 0 Å². The molecule has 0 saturated carbocycles. The lowest BCUT2D eigenvalue weighted by Crippen LogP contribution is -2.04. The SMILES string of the molecule is O=[N+]([O-])c1nn(Cc2csc(-c3ccc(C(F)(F)F)cc3)n2)cc1Br. The molecule has 1 aromatic carbocycles. The first-order valence-electron chi connectivity index (χ1n) is 6.73. The van der Waals surface area contributed by atoms with Gasteiger partial charge in [0.1, 0.15) is 16.0 Å². The van der Waals surface area contributed by atoms with Crippen molar-refractivity contribution in [3.05, 3.63) is 61.7 Å². The first-order chi connectivity index (χ1) is 11.7. The monoisotopic (exact) mass is 432 g/mol. The molecule has 0 bridgehead atoms. The Hall–Kier alpha value is -2.27. The van der Waals surface area contributed by atoms with E-state index in [1.165, 1.54) is 34.3 Å². The van der Waals surface area contributed by atoms with E-state index >= 15 is 0 Å². The highest BCUT2D eigenvalue weighted by Gasteiger charge is 2.30. The van der Waals surface area contributed by atoms with Crippen molar-refractivity contribution in [1.82, 2.24) is 14.8 Å². The number of nitro groups is 1. The minimum atomic E-state index is -4.38. The largest absolute Gasteiger partial charge is 0.416 e. The number of nitrogens with zero attached hydrogens (tertiary/aromatic N) is 4. The van der Waals surface area contributed by atoms with Crippen LogP contribution in [0.2, 0.25) is 0 Å². The van der Waals surface area contributed by atoms with Crippen molar-refractivity contribution < 1.29 is 18.1 Å². The van der Waals surface area contributed by atoms with Crippen LogP contribution in [0.3, 0.4) is 0 Å². The van der Waals surface area contributed by atoms with Gasteiger partial charge in [-0.25, -0.2) is 4.98 Å². The molecule has 0 radical (unpaired) electrons. The van der Waals surface area contributed by atoms with Crippen LogP contribution in [0.25, 0.3) is 10.6 Å². The fourth-order valence-corrected chi connectivity index (χ4v) is 3.35. The zero-order valence-corrected chi connectivity index (χ0v) is 14.6.